The third kappa shape index (κ3) is 1.92. The van der Waals surface area contributed by atoms with Gasteiger partial charge in [-0.15, -0.1) is 0 Å². The van der Waals surface area contributed by atoms with E-state index in [2.05, 4.69) is 34.6 Å². The Morgan fingerprint density at radius 1 is 1.38 bits per heavy atom. The van der Waals surface area contributed by atoms with Gasteiger partial charge in [-0.1, -0.05) is 53.9 Å². The maximum Gasteiger partial charge on any atom is -0.0269 e. The normalized spacial score (nSPS) is 41.3. The standard InChI is InChI=1S/C13H26/c1-6-7-8-11(3)13(5)9-10(2)12(13)4/h10-12H,6-9H2,1-5H3. The van der Waals surface area contributed by atoms with Gasteiger partial charge in [0.1, 0.15) is 0 Å². The van der Waals surface area contributed by atoms with Crippen LogP contribution in [0.4, 0.5) is 0 Å². The summed E-state index contributed by atoms with van der Waals surface area (Å²) in [6, 6.07) is 0. The number of unbranched alkanes of at least 4 members (excludes halogenated alkanes) is 1. The zero-order chi connectivity index (χ0) is 10.1. The fourth-order valence-corrected chi connectivity index (χ4v) is 3.04. The van der Waals surface area contributed by atoms with Crippen molar-refractivity contribution in [3.63, 3.8) is 0 Å². The van der Waals surface area contributed by atoms with E-state index >= 15 is 0 Å². The molecule has 1 aliphatic rings. The topological polar surface area (TPSA) is 0 Å². The van der Waals surface area contributed by atoms with Crippen LogP contribution in [0.5, 0.6) is 0 Å². The average Bonchev–Trinajstić information content (AvgIpc) is 2.13. The molecular formula is C13H26. The van der Waals surface area contributed by atoms with Gasteiger partial charge in [0, 0.05) is 0 Å². The minimum Gasteiger partial charge on any atom is -0.0654 e. The van der Waals surface area contributed by atoms with Crippen LogP contribution in [-0.4, -0.2) is 0 Å². The van der Waals surface area contributed by atoms with Crippen LogP contribution in [0, 0.1) is 23.2 Å². The first-order valence-electron chi connectivity index (χ1n) is 6.02. The van der Waals surface area contributed by atoms with Crippen molar-refractivity contribution < 1.29 is 0 Å². The quantitative estimate of drug-likeness (QED) is 0.600. The molecule has 0 saturated heterocycles. The van der Waals surface area contributed by atoms with Gasteiger partial charge in [0.15, 0.2) is 0 Å². The van der Waals surface area contributed by atoms with Crippen LogP contribution in [0.15, 0.2) is 0 Å². The van der Waals surface area contributed by atoms with E-state index in [9.17, 15) is 0 Å². The molecule has 0 amide bonds. The van der Waals surface area contributed by atoms with E-state index < -0.39 is 0 Å². The van der Waals surface area contributed by atoms with Crippen LogP contribution in [-0.2, 0) is 0 Å². The van der Waals surface area contributed by atoms with Crippen LogP contribution >= 0.6 is 0 Å². The van der Waals surface area contributed by atoms with Gasteiger partial charge in [-0.05, 0) is 29.6 Å². The van der Waals surface area contributed by atoms with Gasteiger partial charge in [-0.2, -0.15) is 0 Å². The number of rotatable bonds is 4. The van der Waals surface area contributed by atoms with Gasteiger partial charge < -0.3 is 0 Å². The van der Waals surface area contributed by atoms with Gasteiger partial charge in [0.2, 0.25) is 0 Å². The van der Waals surface area contributed by atoms with Crippen molar-refractivity contribution >= 4 is 0 Å². The predicted molar refractivity (Wildman–Crippen MR) is 59.7 cm³/mol. The van der Waals surface area contributed by atoms with Crippen LogP contribution in [0.2, 0.25) is 0 Å². The lowest BCUT2D eigenvalue weighted by molar-refractivity contribution is -0.0540. The van der Waals surface area contributed by atoms with E-state index in [1.165, 1.54) is 25.7 Å². The van der Waals surface area contributed by atoms with Gasteiger partial charge in [-0.25, -0.2) is 0 Å². The van der Waals surface area contributed by atoms with Crippen molar-refractivity contribution in [2.24, 2.45) is 23.2 Å². The Morgan fingerprint density at radius 3 is 2.38 bits per heavy atom. The summed E-state index contributed by atoms with van der Waals surface area (Å²) in [7, 11) is 0. The highest BCUT2D eigenvalue weighted by Crippen LogP contribution is 2.56. The smallest absolute Gasteiger partial charge is 0.0269 e. The maximum atomic E-state index is 2.50. The summed E-state index contributed by atoms with van der Waals surface area (Å²) in [5.74, 6) is 2.84. The molecule has 0 spiro atoms. The number of hydrogen-bond acceptors (Lipinski definition) is 0. The zero-order valence-electron chi connectivity index (χ0n) is 10.1. The SMILES string of the molecule is CCCCC(C)C1(C)CC(C)C1C. The molecule has 0 N–H and O–H groups in total. The summed E-state index contributed by atoms with van der Waals surface area (Å²) in [6.45, 7) is 12.1. The summed E-state index contributed by atoms with van der Waals surface area (Å²) >= 11 is 0. The van der Waals surface area contributed by atoms with Crippen LogP contribution < -0.4 is 0 Å². The second-order valence-electron chi connectivity index (χ2n) is 5.52. The van der Waals surface area contributed by atoms with E-state index in [1.54, 1.807) is 0 Å². The molecule has 78 valence electrons. The molecule has 4 atom stereocenters. The largest absolute Gasteiger partial charge is 0.0654 e. The first kappa shape index (κ1) is 11.1. The van der Waals surface area contributed by atoms with Crippen LogP contribution in [0.25, 0.3) is 0 Å². The molecule has 0 heterocycles. The van der Waals surface area contributed by atoms with E-state index in [0.29, 0.717) is 5.41 Å². The second kappa shape index (κ2) is 4.02. The molecule has 0 radical (unpaired) electrons. The highest BCUT2D eigenvalue weighted by atomic mass is 14.5. The molecule has 0 aromatic carbocycles. The number of hydrogen-bond donors (Lipinski definition) is 0. The Bertz CT molecular complexity index is 161. The molecule has 1 fully saturated rings. The van der Waals surface area contributed by atoms with Crippen molar-refractivity contribution in [3.05, 3.63) is 0 Å². The van der Waals surface area contributed by atoms with Gasteiger partial charge in [0.05, 0.1) is 0 Å². The molecular weight excluding hydrogens is 156 g/mol. The van der Waals surface area contributed by atoms with Crippen LogP contribution in [0.3, 0.4) is 0 Å². The molecule has 13 heavy (non-hydrogen) atoms. The Labute approximate surface area is 84.1 Å². The first-order chi connectivity index (χ1) is 6.02. The fraction of sp³-hybridized carbons (Fsp3) is 1.00. The van der Waals surface area contributed by atoms with E-state index in [1.807, 2.05) is 0 Å². The van der Waals surface area contributed by atoms with E-state index in [0.717, 1.165) is 17.8 Å². The van der Waals surface area contributed by atoms with Crippen LogP contribution in [0.1, 0.15) is 60.3 Å². The molecule has 4 unspecified atom stereocenters. The third-order valence-corrected chi connectivity index (χ3v) is 4.77. The summed E-state index contributed by atoms with van der Waals surface area (Å²) < 4.78 is 0. The predicted octanol–water partition coefficient (Wildman–Crippen LogP) is 4.49. The molecule has 1 rings (SSSR count). The lowest BCUT2D eigenvalue weighted by atomic mass is 9.50. The monoisotopic (exact) mass is 182 g/mol. The molecule has 0 aliphatic heterocycles. The minimum absolute atomic E-state index is 0.661. The fourth-order valence-electron chi connectivity index (χ4n) is 3.04. The first-order valence-corrected chi connectivity index (χ1v) is 6.02. The Morgan fingerprint density at radius 2 is 2.00 bits per heavy atom. The van der Waals surface area contributed by atoms with E-state index in [-0.39, 0.29) is 0 Å². The average molecular weight is 182 g/mol. The summed E-state index contributed by atoms with van der Waals surface area (Å²) in [6.07, 6.45) is 5.66. The highest BCUT2D eigenvalue weighted by molar-refractivity contribution is 4.97. The van der Waals surface area contributed by atoms with Crippen molar-refractivity contribution in [2.45, 2.75) is 60.3 Å². The third-order valence-electron chi connectivity index (χ3n) is 4.77. The van der Waals surface area contributed by atoms with Gasteiger partial charge in [0.25, 0.3) is 0 Å². The van der Waals surface area contributed by atoms with Crippen molar-refractivity contribution in [2.75, 3.05) is 0 Å². The lowest BCUT2D eigenvalue weighted by Gasteiger charge is -2.55. The van der Waals surface area contributed by atoms with Gasteiger partial charge in [-0.3, -0.25) is 0 Å². The second-order valence-corrected chi connectivity index (χ2v) is 5.52. The molecule has 1 saturated carbocycles. The van der Waals surface area contributed by atoms with E-state index in [4.69, 9.17) is 0 Å². The Kier molecular flexibility index (Phi) is 3.43. The van der Waals surface area contributed by atoms with Crippen molar-refractivity contribution in [1.29, 1.82) is 0 Å². The van der Waals surface area contributed by atoms with Crippen molar-refractivity contribution in [1.82, 2.24) is 0 Å². The summed E-state index contributed by atoms with van der Waals surface area (Å²) in [5, 5.41) is 0. The molecule has 0 aromatic rings. The highest BCUT2D eigenvalue weighted by Gasteiger charge is 2.47. The zero-order valence-corrected chi connectivity index (χ0v) is 10.1. The molecule has 0 bridgehead atoms. The Balaban J connectivity index is 2.42. The lowest BCUT2D eigenvalue weighted by Crippen LogP contribution is -2.47. The van der Waals surface area contributed by atoms with Gasteiger partial charge >= 0.3 is 0 Å². The molecule has 0 nitrogen and oxygen atoms in total. The summed E-state index contributed by atoms with van der Waals surface area (Å²) in [5.41, 5.74) is 0.661. The molecule has 0 aromatic heterocycles. The molecule has 0 heteroatoms. The Hall–Kier alpha value is 0. The van der Waals surface area contributed by atoms with Crippen molar-refractivity contribution in [3.8, 4) is 0 Å². The minimum atomic E-state index is 0.661. The molecule has 1 aliphatic carbocycles. The summed E-state index contributed by atoms with van der Waals surface area (Å²) in [4.78, 5) is 0. The maximum absolute atomic E-state index is 2.50.